The second-order valence-electron chi connectivity index (χ2n) is 3.26. The number of nitriles is 1. The van der Waals surface area contributed by atoms with Crippen molar-refractivity contribution in [3.63, 3.8) is 0 Å². The summed E-state index contributed by atoms with van der Waals surface area (Å²) in [5, 5.41) is 28.7. The maximum Gasteiger partial charge on any atom is 0.323 e. The van der Waals surface area contributed by atoms with Crippen molar-refractivity contribution in [3.05, 3.63) is 35.4 Å². The predicted molar refractivity (Wildman–Crippen MR) is 56.5 cm³/mol. The van der Waals surface area contributed by atoms with Gasteiger partial charge in [0.25, 0.3) is 0 Å². The Labute approximate surface area is 92.9 Å². The van der Waals surface area contributed by atoms with Gasteiger partial charge in [0.05, 0.1) is 18.2 Å². The van der Waals surface area contributed by atoms with Gasteiger partial charge in [-0.2, -0.15) is 5.26 Å². The Balaban J connectivity index is 2.54. The average Bonchev–Trinajstić information content (AvgIpc) is 2.30. The Morgan fingerprint density at radius 1 is 1.44 bits per heavy atom. The van der Waals surface area contributed by atoms with Crippen molar-refractivity contribution in [1.82, 2.24) is 5.32 Å². The molecule has 84 valence electrons. The topological polar surface area (TPSA) is 93.4 Å². The van der Waals surface area contributed by atoms with E-state index in [9.17, 15) is 4.79 Å². The van der Waals surface area contributed by atoms with Gasteiger partial charge in [0, 0.05) is 6.54 Å². The highest BCUT2D eigenvalue weighted by atomic mass is 16.4. The average molecular weight is 220 g/mol. The third-order valence-corrected chi connectivity index (χ3v) is 2.12. The predicted octanol–water partition coefficient (Wildman–Crippen LogP) is 0.0934. The number of aliphatic hydroxyl groups is 1. The molecule has 0 amide bonds. The Bertz CT molecular complexity index is 395. The molecule has 0 aliphatic heterocycles. The number of carbonyl (C=O) groups is 1. The number of rotatable bonds is 5. The Morgan fingerprint density at radius 2 is 2.06 bits per heavy atom. The van der Waals surface area contributed by atoms with Crippen LogP contribution in [0.1, 0.15) is 11.1 Å². The van der Waals surface area contributed by atoms with E-state index >= 15 is 0 Å². The number of nitrogens with one attached hydrogen (secondary N) is 1. The minimum absolute atomic E-state index is 0.337. The van der Waals surface area contributed by atoms with E-state index in [1.165, 1.54) is 0 Å². The van der Waals surface area contributed by atoms with Gasteiger partial charge in [-0.3, -0.25) is 10.1 Å². The molecule has 5 heteroatoms. The molecule has 0 bridgehead atoms. The molecule has 0 saturated carbocycles. The normalized spacial score (nSPS) is 11.8. The molecule has 3 N–H and O–H groups in total. The van der Waals surface area contributed by atoms with Crippen LogP contribution in [0.3, 0.4) is 0 Å². The summed E-state index contributed by atoms with van der Waals surface area (Å²) in [5.41, 5.74) is 1.42. The maximum atomic E-state index is 10.6. The first kappa shape index (κ1) is 12.2. The fraction of sp³-hybridized carbons (Fsp3) is 0.273. The van der Waals surface area contributed by atoms with Crippen molar-refractivity contribution >= 4 is 5.97 Å². The van der Waals surface area contributed by atoms with E-state index < -0.39 is 18.6 Å². The smallest absolute Gasteiger partial charge is 0.323 e. The third-order valence-electron chi connectivity index (χ3n) is 2.12. The third kappa shape index (κ3) is 3.35. The molecule has 0 saturated heterocycles. The number of hydrogen-bond donors (Lipinski definition) is 3. The molecule has 5 nitrogen and oxygen atoms in total. The zero-order valence-electron chi connectivity index (χ0n) is 8.55. The quantitative estimate of drug-likeness (QED) is 0.654. The standard InChI is InChI=1S/C11H12N2O3/c12-5-8-1-3-9(4-2-8)6-13-10(7-14)11(15)16/h1-4,10,13-14H,6-7H2,(H,15,16)/t10-/m0/s1. The highest BCUT2D eigenvalue weighted by Crippen LogP contribution is 2.03. The van der Waals surface area contributed by atoms with Gasteiger partial charge in [-0.05, 0) is 17.7 Å². The van der Waals surface area contributed by atoms with Gasteiger partial charge in [-0.15, -0.1) is 0 Å². The van der Waals surface area contributed by atoms with Gasteiger partial charge in [0.2, 0.25) is 0 Å². The number of carboxylic acids is 1. The van der Waals surface area contributed by atoms with E-state index in [0.29, 0.717) is 12.1 Å². The highest BCUT2D eigenvalue weighted by molar-refractivity contribution is 5.73. The van der Waals surface area contributed by atoms with Gasteiger partial charge >= 0.3 is 5.97 Å². The summed E-state index contributed by atoms with van der Waals surface area (Å²) in [6.45, 7) is -0.116. The van der Waals surface area contributed by atoms with Crippen molar-refractivity contribution in [3.8, 4) is 6.07 Å². The van der Waals surface area contributed by atoms with Gasteiger partial charge in [-0.25, -0.2) is 0 Å². The maximum absolute atomic E-state index is 10.6. The summed E-state index contributed by atoms with van der Waals surface area (Å²) in [4.78, 5) is 10.6. The molecule has 16 heavy (non-hydrogen) atoms. The molecule has 0 radical (unpaired) electrons. The highest BCUT2D eigenvalue weighted by Gasteiger charge is 2.14. The molecule has 0 aromatic heterocycles. The van der Waals surface area contributed by atoms with E-state index in [0.717, 1.165) is 5.56 Å². The van der Waals surface area contributed by atoms with Crippen LogP contribution in [0, 0.1) is 11.3 Å². The zero-order valence-corrected chi connectivity index (χ0v) is 8.55. The number of hydrogen-bond acceptors (Lipinski definition) is 4. The SMILES string of the molecule is N#Cc1ccc(CN[C@@H](CO)C(=O)O)cc1. The minimum atomic E-state index is -1.09. The van der Waals surface area contributed by atoms with E-state index in [4.69, 9.17) is 15.5 Å². The summed E-state index contributed by atoms with van der Waals surface area (Å²) >= 11 is 0. The lowest BCUT2D eigenvalue weighted by Gasteiger charge is -2.11. The first-order valence-electron chi connectivity index (χ1n) is 4.73. The summed E-state index contributed by atoms with van der Waals surface area (Å²) < 4.78 is 0. The van der Waals surface area contributed by atoms with Crippen LogP contribution in [-0.2, 0) is 11.3 Å². The molecule has 0 spiro atoms. The molecule has 0 unspecified atom stereocenters. The largest absolute Gasteiger partial charge is 0.480 e. The van der Waals surface area contributed by atoms with Gasteiger partial charge in [-0.1, -0.05) is 12.1 Å². The second-order valence-corrected chi connectivity index (χ2v) is 3.26. The summed E-state index contributed by atoms with van der Waals surface area (Å²) in [7, 11) is 0. The number of aliphatic hydroxyl groups excluding tert-OH is 1. The summed E-state index contributed by atoms with van der Waals surface area (Å²) in [6.07, 6.45) is 0. The molecular weight excluding hydrogens is 208 g/mol. The first-order valence-corrected chi connectivity index (χ1v) is 4.73. The van der Waals surface area contributed by atoms with Gasteiger partial charge < -0.3 is 10.2 Å². The number of aliphatic carboxylic acids is 1. The van der Waals surface area contributed by atoms with Gasteiger partial charge in [0.15, 0.2) is 0 Å². The minimum Gasteiger partial charge on any atom is -0.480 e. The Kier molecular flexibility index (Phi) is 4.45. The summed E-state index contributed by atoms with van der Waals surface area (Å²) in [6, 6.07) is 7.82. The van der Waals surface area contributed by atoms with Crippen LogP contribution in [0.4, 0.5) is 0 Å². The second kappa shape index (κ2) is 5.85. The van der Waals surface area contributed by atoms with E-state index in [-0.39, 0.29) is 0 Å². The first-order chi connectivity index (χ1) is 7.67. The molecule has 1 rings (SSSR count). The zero-order chi connectivity index (χ0) is 12.0. The Hall–Kier alpha value is -1.90. The molecule has 1 aromatic carbocycles. The molecular formula is C11H12N2O3. The molecule has 0 aliphatic rings. The van der Waals surface area contributed by atoms with Crippen LogP contribution in [0.25, 0.3) is 0 Å². The van der Waals surface area contributed by atoms with Crippen molar-refractivity contribution in [1.29, 1.82) is 5.26 Å². The lowest BCUT2D eigenvalue weighted by molar-refractivity contribution is -0.140. The van der Waals surface area contributed by atoms with Crippen molar-refractivity contribution in [2.45, 2.75) is 12.6 Å². The van der Waals surface area contributed by atoms with E-state index in [2.05, 4.69) is 5.32 Å². The monoisotopic (exact) mass is 220 g/mol. The van der Waals surface area contributed by atoms with Crippen molar-refractivity contribution in [2.75, 3.05) is 6.61 Å². The van der Waals surface area contributed by atoms with E-state index in [1.807, 2.05) is 6.07 Å². The molecule has 0 aliphatic carbocycles. The van der Waals surface area contributed by atoms with Crippen LogP contribution >= 0.6 is 0 Å². The van der Waals surface area contributed by atoms with Crippen LogP contribution in [-0.4, -0.2) is 28.8 Å². The van der Waals surface area contributed by atoms with Crippen LogP contribution in [0.5, 0.6) is 0 Å². The van der Waals surface area contributed by atoms with Crippen molar-refractivity contribution < 1.29 is 15.0 Å². The van der Waals surface area contributed by atoms with Crippen LogP contribution in [0.15, 0.2) is 24.3 Å². The van der Waals surface area contributed by atoms with Gasteiger partial charge in [0.1, 0.15) is 6.04 Å². The molecule has 1 atom stereocenters. The van der Waals surface area contributed by atoms with E-state index in [1.54, 1.807) is 24.3 Å². The molecule has 0 fully saturated rings. The lowest BCUT2D eigenvalue weighted by atomic mass is 10.1. The number of nitrogens with zero attached hydrogens (tertiary/aromatic N) is 1. The lowest BCUT2D eigenvalue weighted by Crippen LogP contribution is -2.39. The number of benzene rings is 1. The van der Waals surface area contributed by atoms with Crippen LogP contribution in [0.2, 0.25) is 0 Å². The summed E-state index contributed by atoms with van der Waals surface area (Å²) in [5.74, 6) is -1.09. The molecule has 0 heterocycles. The fourth-order valence-electron chi connectivity index (χ4n) is 1.17. The number of carboxylic acid groups (broad SMARTS) is 1. The molecule has 1 aromatic rings. The van der Waals surface area contributed by atoms with Crippen LogP contribution < -0.4 is 5.32 Å². The Morgan fingerprint density at radius 3 is 2.50 bits per heavy atom. The fourth-order valence-corrected chi connectivity index (χ4v) is 1.17. The van der Waals surface area contributed by atoms with Crippen molar-refractivity contribution in [2.24, 2.45) is 0 Å².